The highest BCUT2D eigenvalue weighted by Gasteiger charge is 2.50. The lowest BCUT2D eigenvalue weighted by atomic mass is 9.91. The Morgan fingerprint density at radius 1 is 1.03 bits per heavy atom. The molecule has 2 fully saturated rings. The minimum atomic E-state index is -0.636. The number of halogens is 1. The van der Waals surface area contributed by atoms with Gasteiger partial charge in [0, 0.05) is 22.7 Å². The lowest BCUT2D eigenvalue weighted by Gasteiger charge is -2.20. The number of aryl methyl sites for hydroxylation is 1. The molecule has 2 aliphatic rings. The first-order chi connectivity index (χ1) is 18.0. The zero-order valence-corrected chi connectivity index (χ0v) is 21.9. The molecule has 5 atom stereocenters. The molecule has 6 heteroatoms. The first kappa shape index (κ1) is 25.4. The number of rotatable bonds is 8. The largest absolute Gasteiger partial charge is 0.462 e. The number of fused-ring (bicyclic) bond motifs is 1. The van der Waals surface area contributed by atoms with Gasteiger partial charge in [-0.3, -0.25) is 4.79 Å². The lowest BCUT2D eigenvalue weighted by Crippen LogP contribution is -2.25. The van der Waals surface area contributed by atoms with E-state index in [1.807, 2.05) is 72.8 Å². The van der Waals surface area contributed by atoms with Gasteiger partial charge in [-0.05, 0) is 53.8 Å². The average molecular weight is 561 g/mol. The van der Waals surface area contributed by atoms with Gasteiger partial charge in [-0.1, -0.05) is 82.7 Å². The lowest BCUT2D eigenvalue weighted by molar-refractivity contribution is -0.141. The summed E-state index contributed by atoms with van der Waals surface area (Å²) in [6.07, 6.45) is 4.45. The van der Waals surface area contributed by atoms with E-state index in [2.05, 4.69) is 15.9 Å². The molecule has 0 radical (unpaired) electrons. The number of hydrogen-bond acceptors (Lipinski definition) is 5. The fourth-order valence-corrected chi connectivity index (χ4v) is 5.51. The molecule has 3 aromatic carbocycles. The van der Waals surface area contributed by atoms with E-state index in [0.29, 0.717) is 24.8 Å². The quantitative estimate of drug-likeness (QED) is 0.264. The van der Waals surface area contributed by atoms with E-state index >= 15 is 0 Å². The van der Waals surface area contributed by atoms with Crippen molar-refractivity contribution in [1.29, 1.82) is 0 Å². The van der Waals surface area contributed by atoms with Gasteiger partial charge in [-0.25, -0.2) is 4.79 Å². The van der Waals surface area contributed by atoms with Crippen LogP contribution < -0.4 is 0 Å². The van der Waals surface area contributed by atoms with Gasteiger partial charge >= 0.3 is 11.9 Å². The van der Waals surface area contributed by atoms with Crippen molar-refractivity contribution in [2.45, 2.75) is 44.0 Å². The van der Waals surface area contributed by atoms with E-state index in [0.717, 1.165) is 27.6 Å². The van der Waals surface area contributed by atoms with Crippen molar-refractivity contribution >= 4 is 27.9 Å². The minimum Gasteiger partial charge on any atom is -0.462 e. The molecule has 0 spiro atoms. The summed E-state index contributed by atoms with van der Waals surface area (Å²) in [6.45, 7) is 0. The molecule has 37 heavy (non-hydrogen) atoms. The summed E-state index contributed by atoms with van der Waals surface area (Å²) in [5.41, 5.74) is 3.73. The van der Waals surface area contributed by atoms with Crippen LogP contribution in [0.15, 0.2) is 95.5 Å². The monoisotopic (exact) mass is 560 g/mol. The number of esters is 2. The normalized spacial score (nSPS) is 23.6. The van der Waals surface area contributed by atoms with Crippen LogP contribution in [0.2, 0.25) is 0 Å². The third-order valence-electron chi connectivity index (χ3n) is 7.23. The number of carbonyl (C=O) groups is 2. The van der Waals surface area contributed by atoms with Crippen LogP contribution in [0, 0.1) is 11.8 Å². The molecule has 1 N–H and O–H groups in total. The van der Waals surface area contributed by atoms with Crippen molar-refractivity contribution < 1.29 is 24.2 Å². The molecule has 3 aromatic rings. The van der Waals surface area contributed by atoms with E-state index in [1.54, 1.807) is 18.2 Å². The highest BCUT2D eigenvalue weighted by Crippen LogP contribution is 2.43. The summed E-state index contributed by atoms with van der Waals surface area (Å²) in [4.78, 5) is 24.9. The predicted octanol–water partition coefficient (Wildman–Crippen LogP) is 6.14. The van der Waals surface area contributed by atoms with Gasteiger partial charge in [0.1, 0.15) is 12.2 Å². The average Bonchev–Trinajstić information content (AvgIpc) is 3.42. The Morgan fingerprint density at radius 2 is 1.73 bits per heavy atom. The molecule has 5 rings (SSSR count). The number of carbonyl (C=O) groups excluding carboxylic acids is 2. The number of aliphatic hydroxyl groups excluding tert-OH is 1. The van der Waals surface area contributed by atoms with Gasteiger partial charge in [0.15, 0.2) is 0 Å². The Morgan fingerprint density at radius 3 is 2.46 bits per heavy atom. The molecule has 1 saturated heterocycles. The maximum atomic E-state index is 13.0. The van der Waals surface area contributed by atoms with Gasteiger partial charge in [0.25, 0.3) is 0 Å². The summed E-state index contributed by atoms with van der Waals surface area (Å²) >= 11 is 3.43. The Balaban J connectivity index is 1.23. The Kier molecular flexibility index (Phi) is 7.87. The molecule has 1 saturated carbocycles. The van der Waals surface area contributed by atoms with Crippen LogP contribution in [0.25, 0.3) is 11.1 Å². The van der Waals surface area contributed by atoms with E-state index in [9.17, 15) is 14.7 Å². The zero-order chi connectivity index (χ0) is 25.8. The fraction of sp³-hybridized carbons (Fsp3) is 0.290. The maximum Gasteiger partial charge on any atom is 0.338 e. The van der Waals surface area contributed by atoms with Crippen LogP contribution >= 0.6 is 15.9 Å². The number of benzene rings is 3. The topological polar surface area (TPSA) is 72.8 Å². The number of hydrogen-bond donors (Lipinski definition) is 1. The number of aliphatic hydroxyl groups is 1. The standard InChI is InChI=1S/C31H29BrO5/c32-24-13-6-20(7-14-24)8-15-25(33)16-17-26-27-18-30(34)36-29(27)19-28(26)37-31(35)23-11-9-22(10-12-23)21-4-2-1-3-5-21/h1-7,9-14,16-17,25-29,33H,8,15,18-19H2/b17-16+/t25-,26-,27-,28-,29+/m1/s1. The predicted molar refractivity (Wildman–Crippen MR) is 145 cm³/mol. The van der Waals surface area contributed by atoms with Crippen molar-refractivity contribution in [3.8, 4) is 11.1 Å². The van der Waals surface area contributed by atoms with Crippen molar-refractivity contribution in [2.75, 3.05) is 0 Å². The second kappa shape index (κ2) is 11.4. The zero-order valence-electron chi connectivity index (χ0n) is 20.3. The third kappa shape index (κ3) is 6.20. The van der Waals surface area contributed by atoms with E-state index in [-0.39, 0.29) is 23.9 Å². The highest BCUT2D eigenvalue weighted by atomic mass is 79.9. The van der Waals surface area contributed by atoms with Crippen LogP contribution in [0.3, 0.4) is 0 Å². The Bertz CT molecular complexity index is 1250. The SMILES string of the molecule is O=C1C[C@@H]2[C@@H](/C=C/[C@H](O)CCc3ccc(Br)cc3)[C@H](OC(=O)c3ccc(-c4ccccc4)cc3)C[C@@H]2O1. The van der Waals surface area contributed by atoms with E-state index in [4.69, 9.17) is 9.47 Å². The van der Waals surface area contributed by atoms with Gasteiger partial charge in [0.2, 0.25) is 0 Å². The van der Waals surface area contributed by atoms with Crippen molar-refractivity contribution in [1.82, 2.24) is 0 Å². The summed E-state index contributed by atoms with van der Waals surface area (Å²) in [5, 5.41) is 10.6. The second-order valence-corrected chi connectivity index (χ2v) is 10.6. The second-order valence-electron chi connectivity index (χ2n) is 9.71. The molecular weight excluding hydrogens is 532 g/mol. The van der Waals surface area contributed by atoms with Crippen LogP contribution in [0.1, 0.15) is 35.2 Å². The fourth-order valence-electron chi connectivity index (χ4n) is 5.24. The summed E-state index contributed by atoms with van der Waals surface area (Å²) in [7, 11) is 0. The van der Waals surface area contributed by atoms with Gasteiger partial charge < -0.3 is 14.6 Å². The van der Waals surface area contributed by atoms with Crippen LogP contribution in [0.4, 0.5) is 0 Å². The van der Waals surface area contributed by atoms with E-state index < -0.39 is 18.2 Å². The molecule has 0 amide bonds. The molecule has 0 aromatic heterocycles. The molecule has 1 heterocycles. The smallest absolute Gasteiger partial charge is 0.338 e. The van der Waals surface area contributed by atoms with Crippen molar-refractivity contribution in [3.63, 3.8) is 0 Å². The Hall–Kier alpha value is -3.22. The molecule has 190 valence electrons. The van der Waals surface area contributed by atoms with Gasteiger partial charge in [-0.2, -0.15) is 0 Å². The highest BCUT2D eigenvalue weighted by molar-refractivity contribution is 9.10. The van der Waals surface area contributed by atoms with Gasteiger partial charge in [0.05, 0.1) is 18.1 Å². The molecule has 5 nitrogen and oxygen atoms in total. The first-order valence-corrected chi connectivity index (χ1v) is 13.4. The third-order valence-corrected chi connectivity index (χ3v) is 7.76. The summed E-state index contributed by atoms with van der Waals surface area (Å²) in [5.74, 6) is -0.859. The molecular formula is C31H29BrO5. The van der Waals surface area contributed by atoms with Crippen LogP contribution in [0.5, 0.6) is 0 Å². The molecule has 1 aliphatic heterocycles. The molecule has 0 unspecified atom stereocenters. The summed E-state index contributed by atoms with van der Waals surface area (Å²) in [6, 6.07) is 25.4. The molecule has 0 bridgehead atoms. The van der Waals surface area contributed by atoms with Gasteiger partial charge in [-0.15, -0.1) is 0 Å². The minimum absolute atomic E-state index is 0.0549. The summed E-state index contributed by atoms with van der Waals surface area (Å²) < 4.78 is 12.4. The molecule has 1 aliphatic carbocycles. The maximum absolute atomic E-state index is 13.0. The van der Waals surface area contributed by atoms with Crippen molar-refractivity contribution in [2.24, 2.45) is 11.8 Å². The van der Waals surface area contributed by atoms with Crippen molar-refractivity contribution in [3.05, 3.63) is 107 Å². The van der Waals surface area contributed by atoms with E-state index in [1.165, 1.54) is 0 Å². The van der Waals surface area contributed by atoms with Crippen LogP contribution in [-0.2, 0) is 20.7 Å². The Labute approximate surface area is 225 Å². The first-order valence-electron chi connectivity index (χ1n) is 12.6. The van der Waals surface area contributed by atoms with Crippen LogP contribution in [-0.4, -0.2) is 35.4 Å². The number of ether oxygens (including phenoxy) is 2.